The maximum atomic E-state index is 9.34. The predicted molar refractivity (Wildman–Crippen MR) is 56.1 cm³/mol. The number of hydrogen-bond acceptors (Lipinski definition) is 4. The lowest BCUT2D eigenvalue weighted by molar-refractivity contribution is 0.135. The molecule has 1 unspecified atom stereocenters. The Bertz CT molecular complexity index is 367. The highest BCUT2D eigenvalue weighted by Gasteiger charge is 2.34. The van der Waals surface area contributed by atoms with Gasteiger partial charge in [-0.15, -0.1) is 0 Å². The lowest BCUT2D eigenvalue weighted by atomic mass is 9.86. The summed E-state index contributed by atoms with van der Waals surface area (Å²) in [6.07, 6.45) is 0.615. The Morgan fingerprint density at radius 3 is 3.07 bits per heavy atom. The van der Waals surface area contributed by atoms with Crippen molar-refractivity contribution in [2.24, 2.45) is 5.73 Å². The minimum atomic E-state index is -0.706. The van der Waals surface area contributed by atoms with Crippen LogP contribution in [0.4, 0.5) is 0 Å². The minimum Gasteiger partial charge on any atom is -0.493 e. The maximum Gasteiger partial charge on any atom is 0.166 e. The third-order valence-electron chi connectivity index (χ3n) is 2.81. The number of ether oxygens (including phenoxy) is 2. The smallest absolute Gasteiger partial charge is 0.166 e. The maximum absolute atomic E-state index is 9.34. The van der Waals surface area contributed by atoms with E-state index < -0.39 is 5.54 Å². The molecule has 0 spiro atoms. The van der Waals surface area contributed by atoms with E-state index in [1.807, 2.05) is 18.2 Å². The molecule has 3 N–H and O–H groups in total. The van der Waals surface area contributed by atoms with Crippen molar-refractivity contribution in [2.75, 3.05) is 20.3 Å². The van der Waals surface area contributed by atoms with Crippen molar-refractivity contribution >= 4 is 0 Å². The van der Waals surface area contributed by atoms with E-state index in [1.165, 1.54) is 0 Å². The quantitative estimate of drug-likeness (QED) is 0.749. The molecule has 0 aliphatic carbocycles. The molecule has 4 nitrogen and oxygen atoms in total. The molecular formula is C11H15NO3. The number of aliphatic hydroxyl groups is 1. The number of aliphatic hydroxyl groups excluding tert-OH is 1. The van der Waals surface area contributed by atoms with E-state index in [0.717, 1.165) is 5.56 Å². The molecule has 0 aromatic heterocycles. The van der Waals surface area contributed by atoms with Gasteiger partial charge in [0.2, 0.25) is 0 Å². The molecule has 1 aliphatic heterocycles. The Morgan fingerprint density at radius 1 is 1.60 bits per heavy atom. The van der Waals surface area contributed by atoms with Crippen molar-refractivity contribution in [3.05, 3.63) is 23.8 Å². The monoisotopic (exact) mass is 209 g/mol. The first-order chi connectivity index (χ1) is 7.21. The van der Waals surface area contributed by atoms with Gasteiger partial charge in [-0.3, -0.25) is 0 Å². The van der Waals surface area contributed by atoms with Gasteiger partial charge in [-0.2, -0.15) is 0 Å². The Balaban J connectivity index is 2.53. The van der Waals surface area contributed by atoms with Gasteiger partial charge in [0, 0.05) is 12.0 Å². The molecule has 15 heavy (non-hydrogen) atoms. The number of para-hydroxylation sites is 1. The van der Waals surface area contributed by atoms with E-state index in [2.05, 4.69) is 0 Å². The van der Waals surface area contributed by atoms with Crippen LogP contribution in [-0.2, 0) is 5.54 Å². The van der Waals surface area contributed by atoms with Crippen molar-refractivity contribution in [1.82, 2.24) is 0 Å². The number of benzene rings is 1. The standard InChI is InChI=1S/C11H15NO3/c1-14-9-4-2-3-8-10(9)15-6-5-11(8,12)7-13/h2-4,13H,5-7,12H2,1H3. The van der Waals surface area contributed by atoms with E-state index in [-0.39, 0.29) is 6.61 Å². The summed E-state index contributed by atoms with van der Waals surface area (Å²) in [5, 5.41) is 9.34. The molecule has 82 valence electrons. The van der Waals surface area contributed by atoms with Gasteiger partial charge in [0.05, 0.1) is 25.9 Å². The Morgan fingerprint density at radius 2 is 2.40 bits per heavy atom. The molecule has 1 aromatic carbocycles. The number of nitrogens with two attached hydrogens (primary N) is 1. The highest BCUT2D eigenvalue weighted by Crippen LogP contribution is 2.40. The van der Waals surface area contributed by atoms with E-state index in [9.17, 15) is 5.11 Å². The Kier molecular flexibility index (Phi) is 2.54. The van der Waals surface area contributed by atoms with Crippen LogP contribution in [0.5, 0.6) is 11.5 Å². The van der Waals surface area contributed by atoms with Crippen molar-refractivity contribution in [2.45, 2.75) is 12.0 Å². The van der Waals surface area contributed by atoms with E-state index in [4.69, 9.17) is 15.2 Å². The second-order valence-electron chi connectivity index (χ2n) is 3.75. The van der Waals surface area contributed by atoms with Gasteiger partial charge in [-0.1, -0.05) is 12.1 Å². The summed E-state index contributed by atoms with van der Waals surface area (Å²) in [4.78, 5) is 0. The van der Waals surface area contributed by atoms with Crippen LogP contribution >= 0.6 is 0 Å². The van der Waals surface area contributed by atoms with Gasteiger partial charge < -0.3 is 20.3 Å². The predicted octanol–water partition coefficient (Wildman–Crippen LogP) is 0.624. The van der Waals surface area contributed by atoms with Gasteiger partial charge in [0.1, 0.15) is 0 Å². The fraction of sp³-hybridized carbons (Fsp3) is 0.455. The SMILES string of the molecule is COc1cccc2c1OCCC2(N)CO. The third kappa shape index (κ3) is 1.56. The number of rotatable bonds is 2. The first-order valence-electron chi connectivity index (χ1n) is 4.91. The molecule has 1 atom stereocenters. The summed E-state index contributed by atoms with van der Waals surface area (Å²) in [5.74, 6) is 1.32. The molecule has 4 heteroatoms. The van der Waals surface area contributed by atoms with E-state index in [0.29, 0.717) is 24.5 Å². The van der Waals surface area contributed by atoms with Crippen LogP contribution < -0.4 is 15.2 Å². The molecule has 2 rings (SSSR count). The molecule has 1 aromatic rings. The second-order valence-corrected chi connectivity index (χ2v) is 3.75. The fourth-order valence-electron chi connectivity index (χ4n) is 1.85. The number of methoxy groups -OCH3 is 1. The number of hydrogen-bond donors (Lipinski definition) is 2. The average molecular weight is 209 g/mol. The molecule has 1 heterocycles. The van der Waals surface area contributed by atoms with Crippen LogP contribution in [-0.4, -0.2) is 25.4 Å². The van der Waals surface area contributed by atoms with Gasteiger partial charge >= 0.3 is 0 Å². The molecular weight excluding hydrogens is 194 g/mol. The normalized spacial score (nSPS) is 24.2. The fourth-order valence-corrected chi connectivity index (χ4v) is 1.85. The molecule has 0 fully saturated rings. The van der Waals surface area contributed by atoms with E-state index >= 15 is 0 Å². The second kappa shape index (κ2) is 3.72. The Hall–Kier alpha value is -1.26. The van der Waals surface area contributed by atoms with Gasteiger partial charge in [0.25, 0.3) is 0 Å². The average Bonchev–Trinajstić information content (AvgIpc) is 2.29. The first kappa shape index (κ1) is 10.3. The summed E-state index contributed by atoms with van der Waals surface area (Å²) in [6.45, 7) is 0.418. The van der Waals surface area contributed by atoms with Crippen LogP contribution in [0.1, 0.15) is 12.0 Å². The third-order valence-corrected chi connectivity index (χ3v) is 2.81. The lowest BCUT2D eigenvalue weighted by Gasteiger charge is -2.34. The zero-order chi connectivity index (χ0) is 10.9. The summed E-state index contributed by atoms with van der Waals surface area (Å²) >= 11 is 0. The molecule has 0 bridgehead atoms. The molecule has 0 saturated heterocycles. The van der Waals surface area contributed by atoms with Crippen molar-refractivity contribution in [3.63, 3.8) is 0 Å². The largest absolute Gasteiger partial charge is 0.493 e. The summed E-state index contributed by atoms with van der Waals surface area (Å²) in [6, 6.07) is 5.54. The zero-order valence-electron chi connectivity index (χ0n) is 8.69. The Labute approximate surface area is 88.6 Å². The minimum absolute atomic E-state index is 0.0868. The van der Waals surface area contributed by atoms with Crippen molar-refractivity contribution in [3.8, 4) is 11.5 Å². The first-order valence-corrected chi connectivity index (χ1v) is 4.91. The topological polar surface area (TPSA) is 64.7 Å². The number of fused-ring (bicyclic) bond motifs is 1. The molecule has 0 amide bonds. The van der Waals surface area contributed by atoms with Crippen LogP contribution in [0.25, 0.3) is 0 Å². The van der Waals surface area contributed by atoms with Crippen molar-refractivity contribution < 1.29 is 14.6 Å². The zero-order valence-corrected chi connectivity index (χ0v) is 8.69. The van der Waals surface area contributed by atoms with Crippen LogP contribution in [0.15, 0.2) is 18.2 Å². The highest BCUT2D eigenvalue weighted by molar-refractivity contribution is 5.51. The van der Waals surface area contributed by atoms with Crippen LogP contribution in [0.2, 0.25) is 0 Å². The van der Waals surface area contributed by atoms with Crippen LogP contribution in [0, 0.1) is 0 Å². The van der Waals surface area contributed by atoms with E-state index in [1.54, 1.807) is 7.11 Å². The van der Waals surface area contributed by atoms with Gasteiger partial charge in [0.15, 0.2) is 11.5 Å². The summed E-state index contributed by atoms with van der Waals surface area (Å²) in [5.41, 5.74) is 6.22. The van der Waals surface area contributed by atoms with Gasteiger partial charge in [-0.05, 0) is 6.07 Å². The molecule has 0 saturated carbocycles. The van der Waals surface area contributed by atoms with Gasteiger partial charge in [-0.25, -0.2) is 0 Å². The van der Waals surface area contributed by atoms with Crippen molar-refractivity contribution in [1.29, 1.82) is 0 Å². The molecule has 1 aliphatic rings. The lowest BCUT2D eigenvalue weighted by Crippen LogP contribution is -2.44. The van der Waals surface area contributed by atoms with Crippen LogP contribution in [0.3, 0.4) is 0 Å². The molecule has 0 radical (unpaired) electrons. The highest BCUT2D eigenvalue weighted by atomic mass is 16.5. The summed E-state index contributed by atoms with van der Waals surface area (Å²) < 4.78 is 10.7. The summed E-state index contributed by atoms with van der Waals surface area (Å²) in [7, 11) is 1.59.